The fourth-order valence-electron chi connectivity index (χ4n) is 3.37. The van der Waals surface area contributed by atoms with Gasteiger partial charge in [0.25, 0.3) is 0 Å². The van der Waals surface area contributed by atoms with Gasteiger partial charge in [0.05, 0.1) is 24.5 Å². The molecule has 2 unspecified atom stereocenters. The summed E-state index contributed by atoms with van der Waals surface area (Å²) in [5.41, 5.74) is -0.649. The first-order chi connectivity index (χ1) is 10.0. The number of nitrogens with zero attached hydrogens (tertiary/aromatic N) is 1. The van der Waals surface area contributed by atoms with Crippen LogP contribution in [0.2, 0.25) is 0 Å². The number of carbonyl (C=O) groups excluding carboxylic acids is 1. The average molecular weight is 298 g/mol. The quantitative estimate of drug-likeness (QED) is 0.781. The summed E-state index contributed by atoms with van der Waals surface area (Å²) in [7, 11) is 0. The molecule has 2 heterocycles. The molecule has 0 saturated carbocycles. The summed E-state index contributed by atoms with van der Waals surface area (Å²) < 4.78 is 5.43. The molecule has 0 bridgehead atoms. The van der Waals surface area contributed by atoms with Crippen molar-refractivity contribution in [1.29, 1.82) is 0 Å². The Kier molecular flexibility index (Phi) is 5.22. The number of nitrogens with one attached hydrogen (secondary N) is 1. The van der Waals surface area contributed by atoms with E-state index in [9.17, 15) is 14.7 Å². The van der Waals surface area contributed by atoms with Gasteiger partial charge in [-0.15, -0.1) is 0 Å². The van der Waals surface area contributed by atoms with Crippen molar-refractivity contribution < 1.29 is 19.4 Å². The maximum absolute atomic E-state index is 12.6. The average Bonchev–Trinajstić information content (AvgIpc) is 2.95. The summed E-state index contributed by atoms with van der Waals surface area (Å²) in [6.07, 6.45) is 1.71. The summed E-state index contributed by atoms with van der Waals surface area (Å²) in [6, 6.07) is 0.0832. The smallest absolute Gasteiger partial charge is 0.309 e. The van der Waals surface area contributed by atoms with E-state index in [1.165, 1.54) is 0 Å². The van der Waals surface area contributed by atoms with E-state index in [0.717, 1.165) is 6.54 Å². The lowest BCUT2D eigenvalue weighted by molar-refractivity contribution is -0.155. The molecule has 2 N–H and O–H groups in total. The van der Waals surface area contributed by atoms with Gasteiger partial charge in [-0.2, -0.15) is 0 Å². The molecule has 1 amide bonds. The Balaban J connectivity index is 1.95. The molecule has 0 aromatic rings. The number of carboxylic acid groups (broad SMARTS) is 1. The number of aliphatic carboxylic acids is 1. The van der Waals surface area contributed by atoms with E-state index in [1.807, 2.05) is 18.7 Å². The maximum atomic E-state index is 12.6. The lowest BCUT2D eigenvalue weighted by atomic mass is 9.76. The molecule has 21 heavy (non-hydrogen) atoms. The number of piperidine rings is 1. The Morgan fingerprint density at radius 2 is 1.95 bits per heavy atom. The lowest BCUT2D eigenvalue weighted by Crippen LogP contribution is -2.51. The van der Waals surface area contributed by atoms with Crippen molar-refractivity contribution in [3.05, 3.63) is 0 Å². The standard InChI is InChI=1S/C15H26N2O4/c1-3-15(14(19)20)5-7-17(8-6-15)13(18)11-9-21-10-12(11)16-4-2/h11-12,16H,3-10H2,1-2H3,(H,19,20). The predicted molar refractivity (Wildman–Crippen MR) is 77.9 cm³/mol. The first-order valence-electron chi connectivity index (χ1n) is 7.87. The van der Waals surface area contributed by atoms with E-state index in [-0.39, 0.29) is 17.9 Å². The van der Waals surface area contributed by atoms with E-state index >= 15 is 0 Å². The van der Waals surface area contributed by atoms with Crippen molar-refractivity contribution in [2.24, 2.45) is 11.3 Å². The van der Waals surface area contributed by atoms with Gasteiger partial charge in [0.1, 0.15) is 0 Å². The third-order valence-corrected chi connectivity index (χ3v) is 5.03. The first-order valence-corrected chi connectivity index (χ1v) is 7.87. The highest BCUT2D eigenvalue weighted by Crippen LogP contribution is 2.35. The van der Waals surface area contributed by atoms with E-state index in [4.69, 9.17) is 4.74 Å². The highest BCUT2D eigenvalue weighted by molar-refractivity contribution is 5.81. The fourth-order valence-corrected chi connectivity index (χ4v) is 3.37. The zero-order valence-electron chi connectivity index (χ0n) is 12.9. The lowest BCUT2D eigenvalue weighted by Gasteiger charge is -2.39. The number of hydrogen-bond acceptors (Lipinski definition) is 4. The molecular formula is C15H26N2O4. The van der Waals surface area contributed by atoms with Gasteiger partial charge in [-0.25, -0.2) is 0 Å². The van der Waals surface area contributed by atoms with Crippen LogP contribution in [0.1, 0.15) is 33.1 Å². The van der Waals surface area contributed by atoms with Gasteiger partial charge in [-0.3, -0.25) is 9.59 Å². The monoisotopic (exact) mass is 298 g/mol. The minimum atomic E-state index is -0.730. The van der Waals surface area contributed by atoms with Crippen molar-refractivity contribution in [3.63, 3.8) is 0 Å². The first kappa shape index (κ1) is 16.2. The van der Waals surface area contributed by atoms with Gasteiger partial charge in [0.15, 0.2) is 0 Å². The molecule has 6 nitrogen and oxygen atoms in total. The van der Waals surface area contributed by atoms with Gasteiger partial charge >= 0.3 is 5.97 Å². The van der Waals surface area contributed by atoms with Crippen LogP contribution in [0.4, 0.5) is 0 Å². The van der Waals surface area contributed by atoms with Gasteiger partial charge in [-0.05, 0) is 25.8 Å². The van der Waals surface area contributed by atoms with Crippen LogP contribution in [-0.4, -0.2) is 60.8 Å². The van der Waals surface area contributed by atoms with E-state index in [0.29, 0.717) is 45.6 Å². The number of likely N-dealkylation sites (tertiary alicyclic amines) is 1. The molecule has 2 rings (SSSR count). The number of amides is 1. The van der Waals surface area contributed by atoms with E-state index in [2.05, 4.69) is 5.32 Å². The number of hydrogen-bond donors (Lipinski definition) is 2. The van der Waals surface area contributed by atoms with Crippen LogP contribution < -0.4 is 5.32 Å². The largest absolute Gasteiger partial charge is 0.481 e. The SMILES string of the molecule is CCNC1COCC1C(=O)N1CCC(CC)(C(=O)O)CC1. The number of carboxylic acids is 1. The number of likely N-dealkylation sites (N-methyl/N-ethyl adjacent to an activating group) is 1. The van der Waals surface area contributed by atoms with Crippen LogP contribution in [0, 0.1) is 11.3 Å². The molecule has 2 fully saturated rings. The minimum Gasteiger partial charge on any atom is -0.481 e. The second kappa shape index (κ2) is 6.75. The maximum Gasteiger partial charge on any atom is 0.309 e. The number of carbonyl (C=O) groups is 2. The fraction of sp³-hybridized carbons (Fsp3) is 0.867. The topological polar surface area (TPSA) is 78.9 Å². The van der Waals surface area contributed by atoms with Crippen molar-refractivity contribution in [2.45, 2.75) is 39.2 Å². The normalized spacial score (nSPS) is 28.6. The van der Waals surface area contributed by atoms with Gasteiger partial charge in [-0.1, -0.05) is 13.8 Å². The summed E-state index contributed by atoms with van der Waals surface area (Å²) in [5, 5.41) is 12.7. The number of ether oxygens (including phenoxy) is 1. The molecule has 2 atom stereocenters. The third kappa shape index (κ3) is 3.21. The molecule has 0 radical (unpaired) electrons. The molecule has 0 aromatic carbocycles. The Bertz CT molecular complexity index is 391. The highest BCUT2D eigenvalue weighted by atomic mass is 16.5. The minimum absolute atomic E-state index is 0.0832. The predicted octanol–water partition coefficient (Wildman–Crippen LogP) is 0.714. The van der Waals surface area contributed by atoms with Gasteiger partial charge in [0.2, 0.25) is 5.91 Å². The molecular weight excluding hydrogens is 272 g/mol. The van der Waals surface area contributed by atoms with E-state index in [1.54, 1.807) is 0 Å². The van der Waals surface area contributed by atoms with Crippen molar-refractivity contribution >= 4 is 11.9 Å². The van der Waals surface area contributed by atoms with Crippen LogP contribution >= 0.6 is 0 Å². The highest BCUT2D eigenvalue weighted by Gasteiger charge is 2.43. The molecule has 0 aliphatic carbocycles. The zero-order chi connectivity index (χ0) is 15.5. The van der Waals surface area contributed by atoms with Crippen LogP contribution in [0.3, 0.4) is 0 Å². The van der Waals surface area contributed by atoms with Gasteiger partial charge in [0, 0.05) is 19.1 Å². The Labute approximate surface area is 125 Å². The van der Waals surface area contributed by atoms with Crippen molar-refractivity contribution in [2.75, 3.05) is 32.8 Å². The third-order valence-electron chi connectivity index (χ3n) is 5.03. The zero-order valence-corrected chi connectivity index (χ0v) is 12.9. The Hall–Kier alpha value is -1.14. The van der Waals surface area contributed by atoms with Crippen LogP contribution in [0.15, 0.2) is 0 Å². The second-order valence-electron chi connectivity index (χ2n) is 6.07. The molecule has 0 spiro atoms. The van der Waals surface area contributed by atoms with Gasteiger partial charge < -0.3 is 20.1 Å². The van der Waals surface area contributed by atoms with Crippen molar-refractivity contribution in [3.8, 4) is 0 Å². The molecule has 6 heteroatoms. The summed E-state index contributed by atoms with van der Waals surface area (Å²) in [4.78, 5) is 25.9. The molecule has 2 aliphatic rings. The summed E-state index contributed by atoms with van der Waals surface area (Å²) >= 11 is 0. The van der Waals surface area contributed by atoms with Crippen LogP contribution in [-0.2, 0) is 14.3 Å². The van der Waals surface area contributed by atoms with Crippen LogP contribution in [0.25, 0.3) is 0 Å². The second-order valence-corrected chi connectivity index (χ2v) is 6.07. The Morgan fingerprint density at radius 3 is 2.48 bits per heavy atom. The molecule has 120 valence electrons. The molecule has 2 aliphatic heterocycles. The number of rotatable bonds is 5. The van der Waals surface area contributed by atoms with E-state index < -0.39 is 11.4 Å². The summed E-state index contributed by atoms with van der Waals surface area (Å²) in [6.45, 7) is 6.86. The molecule has 0 aromatic heterocycles. The van der Waals surface area contributed by atoms with Crippen molar-refractivity contribution in [1.82, 2.24) is 10.2 Å². The molecule has 2 saturated heterocycles. The van der Waals surface area contributed by atoms with Crippen LogP contribution in [0.5, 0.6) is 0 Å². The Morgan fingerprint density at radius 1 is 1.29 bits per heavy atom. The summed E-state index contributed by atoms with van der Waals surface area (Å²) in [5.74, 6) is -0.760.